The second kappa shape index (κ2) is 6.69. The number of hydrogen-bond acceptors (Lipinski definition) is 4. The first-order chi connectivity index (χ1) is 10.7. The number of rotatable bonds is 5. The molecule has 5 heteroatoms. The molecule has 1 N–H and O–H groups in total. The van der Waals surface area contributed by atoms with Gasteiger partial charge in [-0.15, -0.1) is 11.3 Å². The van der Waals surface area contributed by atoms with Gasteiger partial charge in [0.2, 0.25) is 5.91 Å². The first kappa shape index (κ1) is 16.0. The predicted molar refractivity (Wildman–Crippen MR) is 89.2 cm³/mol. The molecule has 1 aliphatic heterocycles. The van der Waals surface area contributed by atoms with Crippen LogP contribution in [-0.4, -0.2) is 59.6 Å². The van der Waals surface area contributed by atoms with Gasteiger partial charge >= 0.3 is 0 Å². The largest absolute Gasteiger partial charge is 0.395 e. The van der Waals surface area contributed by atoms with E-state index in [2.05, 4.69) is 30.2 Å². The van der Waals surface area contributed by atoms with Crippen molar-refractivity contribution in [3.8, 4) is 0 Å². The first-order valence-corrected chi connectivity index (χ1v) is 9.21. The normalized spacial score (nSPS) is 27.0. The maximum atomic E-state index is 12.7. The standard InChI is InChI=1S/C17H26N2O2S/c1-3-13(11-20)18-5-7-19(8-6-18)17(21)15-10-14(15)16-12(2)4-9-22-16/h4,9,13-15,20H,3,5-8,10-11H2,1-2H3. The molecule has 3 atom stereocenters. The number of carbonyl (C=O) groups excluding carboxylic acids is 1. The average Bonchev–Trinajstić information content (AvgIpc) is 3.22. The fourth-order valence-electron chi connectivity index (χ4n) is 3.57. The molecule has 0 aromatic carbocycles. The van der Waals surface area contributed by atoms with E-state index in [0.717, 1.165) is 39.0 Å². The molecule has 0 spiro atoms. The lowest BCUT2D eigenvalue weighted by atomic mass is 10.1. The van der Waals surface area contributed by atoms with Gasteiger partial charge < -0.3 is 10.0 Å². The summed E-state index contributed by atoms with van der Waals surface area (Å²) in [6.45, 7) is 7.86. The molecule has 2 aliphatic rings. The number of aryl methyl sites for hydroxylation is 1. The van der Waals surface area contributed by atoms with Crippen molar-refractivity contribution in [2.24, 2.45) is 5.92 Å². The van der Waals surface area contributed by atoms with Crippen LogP contribution in [0.15, 0.2) is 11.4 Å². The number of amides is 1. The smallest absolute Gasteiger partial charge is 0.226 e. The van der Waals surface area contributed by atoms with E-state index in [1.807, 2.05) is 4.90 Å². The van der Waals surface area contributed by atoms with Crippen LogP contribution in [0.4, 0.5) is 0 Å². The third-order valence-corrected chi connectivity index (χ3v) is 6.32. The molecule has 0 bridgehead atoms. The summed E-state index contributed by atoms with van der Waals surface area (Å²) in [5, 5.41) is 11.5. The number of aliphatic hydroxyl groups excluding tert-OH is 1. The molecular weight excluding hydrogens is 296 g/mol. The van der Waals surface area contributed by atoms with Crippen molar-refractivity contribution >= 4 is 17.2 Å². The second-order valence-electron chi connectivity index (χ2n) is 6.52. The molecule has 4 nitrogen and oxygen atoms in total. The summed E-state index contributed by atoms with van der Waals surface area (Å²) in [4.78, 5) is 18.4. The number of piperazine rings is 1. The molecular formula is C17H26N2O2S. The van der Waals surface area contributed by atoms with E-state index in [-0.39, 0.29) is 18.6 Å². The van der Waals surface area contributed by atoms with Gasteiger partial charge in [-0.3, -0.25) is 9.69 Å². The Labute approximate surface area is 136 Å². The number of hydrogen-bond donors (Lipinski definition) is 1. The molecule has 1 saturated carbocycles. The quantitative estimate of drug-likeness (QED) is 0.902. The van der Waals surface area contributed by atoms with Gasteiger partial charge in [0.1, 0.15) is 0 Å². The maximum absolute atomic E-state index is 12.7. The molecule has 1 aromatic rings. The van der Waals surface area contributed by atoms with Crippen molar-refractivity contribution in [1.29, 1.82) is 0 Å². The van der Waals surface area contributed by atoms with Crippen LogP contribution in [-0.2, 0) is 4.79 Å². The van der Waals surface area contributed by atoms with Crippen LogP contribution in [0.3, 0.4) is 0 Å². The van der Waals surface area contributed by atoms with E-state index in [1.165, 1.54) is 10.4 Å². The summed E-state index contributed by atoms with van der Waals surface area (Å²) < 4.78 is 0. The minimum absolute atomic E-state index is 0.212. The Morgan fingerprint density at radius 3 is 2.68 bits per heavy atom. The van der Waals surface area contributed by atoms with Crippen molar-refractivity contribution < 1.29 is 9.90 Å². The molecule has 2 heterocycles. The van der Waals surface area contributed by atoms with Crippen molar-refractivity contribution in [3.05, 3.63) is 21.9 Å². The van der Waals surface area contributed by atoms with Crippen molar-refractivity contribution in [2.45, 2.75) is 38.6 Å². The van der Waals surface area contributed by atoms with E-state index < -0.39 is 0 Å². The van der Waals surface area contributed by atoms with Crippen molar-refractivity contribution in [2.75, 3.05) is 32.8 Å². The third-order valence-electron chi connectivity index (χ3n) is 5.17. The molecule has 122 valence electrons. The number of thiophene rings is 1. The predicted octanol–water partition coefficient (Wildman–Crippen LogP) is 2.08. The number of nitrogens with zero attached hydrogens (tertiary/aromatic N) is 2. The van der Waals surface area contributed by atoms with Gasteiger partial charge in [0, 0.05) is 48.9 Å². The van der Waals surface area contributed by atoms with Crippen LogP contribution in [0.1, 0.15) is 36.1 Å². The summed E-state index contributed by atoms with van der Waals surface area (Å²) in [5.74, 6) is 1.02. The van der Waals surface area contributed by atoms with Gasteiger partial charge in [0.15, 0.2) is 0 Å². The molecule has 2 fully saturated rings. The van der Waals surface area contributed by atoms with Crippen LogP contribution in [0.5, 0.6) is 0 Å². The molecule has 3 unspecified atom stereocenters. The molecule has 1 saturated heterocycles. The fraction of sp³-hybridized carbons (Fsp3) is 0.706. The Morgan fingerprint density at radius 1 is 1.41 bits per heavy atom. The Morgan fingerprint density at radius 2 is 2.14 bits per heavy atom. The highest BCUT2D eigenvalue weighted by atomic mass is 32.1. The van der Waals surface area contributed by atoms with Crippen molar-refractivity contribution in [3.63, 3.8) is 0 Å². The molecule has 1 amide bonds. The Balaban J connectivity index is 1.52. The fourth-order valence-corrected chi connectivity index (χ4v) is 4.67. The number of aliphatic hydroxyl groups is 1. The topological polar surface area (TPSA) is 43.8 Å². The van der Waals surface area contributed by atoms with Crippen LogP contribution in [0.25, 0.3) is 0 Å². The highest BCUT2D eigenvalue weighted by molar-refractivity contribution is 7.10. The Kier molecular flexibility index (Phi) is 4.85. The Hall–Kier alpha value is -0.910. The molecule has 1 aliphatic carbocycles. The van der Waals surface area contributed by atoms with E-state index in [9.17, 15) is 9.90 Å². The zero-order chi connectivity index (χ0) is 15.7. The van der Waals surface area contributed by atoms with Crippen molar-refractivity contribution in [1.82, 2.24) is 9.80 Å². The number of carbonyl (C=O) groups is 1. The molecule has 3 rings (SSSR count). The summed E-state index contributed by atoms with van der Waals surface area (Å²) in [7, 11) is 0. The van der Waals surface area contributed by atoms with Crippen LogP contribution in [0.2, 0.25) is 0 Å². The summed E-state index contributed by atoms with van der Waals surface area (Å²) in [6, 6.07) is 2.40. The zero-order valence-corrected chi connectivity index (χ0v) is 14.3. The van der Waals surface area contributed by atoms with Crippen LogP contribution >= 0.6 is 11.3 Å². The SMILES string of the molecule is CCC(CO)N1CCN(C(=O)C2CC2c2sccc2C)CC1. The average molecular weight is 322 g/mol. The lowest BCUT2D eigenvalue weighted by molar-refractivity contribution is -0.134. The zero-order valence-electron chi connectivity index (χ0n) is 13.5. The molecule has 22 heavy (non-hydrogen) atoms. The second-order valence-corrected chi connectivity index (χ2v) is 7.47. The maximum Gasteiger partial charge on any atom is 0.226 e. The third kappa shape index (κ3) is 3.07. The van der Waals surface area contributed by atoms with E-state index >= 15 is 0 Å². The van der Waals surface area contributed by atoms with Crippen LogP contribution < -0.4 is 0 Å². The highest BCUT2D eigenvalue weighted by Gasteiger charge is 2.47. The van der Waals surface area contributed by atoms with Gasteiger partial charge in [-0.05, 0) is 36.8 Å². The van der Waals surface area contributed by atoms with E-state index in [1.54, 1.807) is 11.3 Å². The van der Waals surface area contributed by atoms with Crippen LogP contribution in [0, 0.1) is 12.8 Å². The monoisotopic (exact) mass is 322 g/mol. The Bertz CT molecular complexity index is 518. The molecule has 0 radical (unpaired) electrons. The minimum Gasteiger partial charge on any atom is -0.395 e. The van der Waals surface area contributed by atoms with E-state index in [4.69, 9.17) is 0 Å². The van der Waals surface area contributed by atoms with Gasteiger partial charge in [0.05, 0.1) is 6.61 Å². The van der Waals surface area contributed by atoms with Gasteiger partial charge in [-0.2, -0.15) is 0 Å². The van der Waals surface area contributed by atoms with Gasteiger partial charge in [-0.25, -0.2) is 0 Å². The van der Waals surface area contributed by atoms with Gasteiger partial charge in [-0.1, -0.05) is 6.92 Å². The lowest BCUT2D eigenvalue weighted by Crippen LogP contribution is -2.53. The summed E-state index contributed by atoms with van der Waals surface area (Å²) in [5.41, 5.74) is 1.34. The van der Waals surface area contributed by atoms with E-state index in [0.29, 0.717) is 11.8 Å². The van der Waals surface area contributed by atoms with Gasteiger partial charge in [0.25, 0.3) is 0 Å². The minimum atomic E-state index is 0.212. The highest BCUT2D eigenvalue weighted by Crippen LogP contribution is 2.51. The lowest BCUT2D eigenvalue weighted by Gasteiger charge is -2.38. The molecule has 1 aromatic heterocycles. The first-order valence-electron chi connectivity index (χ1n) is 8.33. The summed E-state index contributed by atoms with van der Waals surface area (Å²) in [6.07, 6.45) is 1.99. The summed E-state index contributed by atoms with van der Waals surface area (Å²) >= 11 is 1.79.